The third-order valence-corrected chi connectivity index (χ3v) is 3.88. The third kappa shape index (κ3) is 4.59. The van der Waals surface area contributed by atoms with Gasteiger partial charge in [0.1, 0.15) is 11.4 Å². The van der Waals surface area contributed by atoms with Gasteiger partial charge in [0.15, 0.2) is 0 Å². The summed E-state index contributed by atoms with van der Waals surface area (Å²) in [5.74, 6) is -0.434. The van der Waals surface area contributed by atoms with E-state index in [4.69, 9.17) is 11.6 Å². The van der Waals surface area contributed by atoms with Gasteiger partial charge in [0.2, 0.25) is 5.91 Å². The average molecular weight is 383 g/mol. The number of halogens is 1. The molecule has 0 saturated carbocycles. The van der Waals surface area contributed by atoms with Crippen molar-refractivity contribution in [3.63, 3.8) is 0 Å². The lowest BCUT2D eigenvalue weighted by molar-refractivity contribution is -0.114. The Kier molecular flexibility index (Phi) is 5.33. The first-order chi connectivity index (χ1) is 12.9. The Hall–Kier alpha value is -3.45. The van der Waals surface area contributed by atoms with Crippen LogP contribution in [-0.4, -0.2) is 21.8 Å². The summed E-state index contributed by atoms with van der Waals surface area (Å²) in [7, 11) is 0. The van der Waals surface area contributed by atoms with Gasteiger partial charge in [-0.05, 0) is 48.5 Å². The second-order valence-electron chi connectivity index (χ2n) is 5.69. The highest BCUT2D eigenvalue weighted by molar-refractivity contribution is 6.30. The number of benzene rings is 2. The number of hydrogen-bond donors (Lipinski definition) is 3. The Morgan fingerprint density at radius 2 is 1.56 bits per heavy atom. The molecule has 3 rings (SSSR count). The highest BCUT2D eigenvalue weighted by Crippen LogP contribution is 2.17. The first-order valence-electron chi connectivity index (χ1n) is 7.96. The lowest BCUT2D eigenvalue weighted by Crippen LogP contribution is -2.24. The number of rotatable bonds is 4. The van der Waals surface area contributed by atoms with Gasteiger partial charge in [-0.1, -0.05) is 11.6 Å². The molecule has 0 fully saturated rings. The molecular weight excluding hydrogens is 368 g/mol. The molecule has 0 unspecified atom stereocenters. The van der Waals surface area contributed by atoms with Crippen LogP contribution in [-0.2, 0) is 4.79 Å². The average Bonchev–Trinajstić information content (AvgIpc) is 2.63. The van der Waals surface area contributed by atoms with Crippen molar-refractivity contribution >= 4 is 34.8 Å². The van der Waals surface area contributed by atoms with E-state index in [-0.39, 0.29) is 11.5 Å². The normalized spacial score (nSPS) is 10.3. The minimum absolute atomic E-state index is 0.112. The number of hydrogen-bond acceptors (Lipinski definition) is 4. The second kappa shape index (κ2) is 7.84. The van der Waals surface area contributed by atoms with E-state index in [0.29, 0.717) is 27.8 Å². The summed E-state index contributed by atoms with van der Waals surface area (Å²) >= 11 is 5.84. The van der Waals surface area contributed by atoms with Gasteiger partial charge in [0, 0.05) is 35.1 Å². The minimum atomic E-state index is -0.585. The van der Waals surface area contributed by atoms with Crippen molar-refractivity contribution in [1.82, 2.24) is 9.97 Å². The largest absolute Gasteiger partial charge is 0.326 e. The zero-order chi connectivity index (χ0) is 19.4. The molecule has 2 aromatic carbocycles. The monoisotopic (exact) mass is 382 g/mol. The number of nitrogens with one attached hydrogen (secondary N) is 3. The number of carbonyl (C=O) groups is 2. The van der Waals surface area contributed by atoms with Crippen molar-refractivity contribution in [2.24, 2.45) is 0 Å². The molecule has 7 nitrogen and oxygen atoms in total. The number of anilines is 2. The second-order valence-corrected chi connectivity index (χ2v) is 6.13. The molecule has 0 spiro atoms. The van der Waals surface area contributed by atoms with Crippen LogP contribution in [0.3, 0.4) is 0 Å². The maximum absolute atomic E-state index is 12.3. The Balaban J connectivity index is 1.76. The van der Waals surface area contributed by atoms with Gasteiger partial charge in [-0.15, -0.1) is 0 Å². The maximum Gasteiger partial charge on any atom is 0.264 e. The molecule has 0 aliphatic carbocycles. The fourth-order valence-electron chi connectivity index (χ4n) is 2.35. The first-order valence-corrected chi connectivity index (χ1v) is 8.34. The zero-order valence-corrected chi connectivity index (χ0v) is 15.0. The SMILES string of the molecule is CC(=O)Nc1ccc(NC(=O)c2cnc(-c3ccc(Cl)cc3)[nH]c2=O)cc1. The van der Waals surface area contributed by atoms with Crippen LogP contribution in [0.4, 0.5) is 11.4 Å². The third-order valence-electron chi connectivity index (χ3n) is 3.62. The highest BCUT2D eigenvalue weighted by atomic mass is 35.5. The number of H-pyrrole nitrogens is 1. The minimum Gasteiger partial charge on any atom is -0.326 e. The zero-order valence-electron chi connectivity index (χ0n) is 14.2. The molecule has 0 aliphatic rings. The molecule has 0 bridgehead atoms. The lowest BCUT2D eigenvalue weighted by Gasteiger charge is -2.07. The van der Waals surface area contributed by atoms with Crippen LogP contribution < -0.4 is 16.2 Å². The molecule has 1 aromatic heterocycles. The summed E-state index contributed by atoms with van der Waals surface area (Å²) in [6.45, 7) is 1.41. The van der Waals surface area contributed by atoms with Crippen LogP contribution in [0.5, 0.6) is 0 Å². The van der Waals surface area contributed by atoms with Crippen LogP contribution in [0.25, 0.3) is 11.4 Å². The van der Waals surface area contributed by atoms with E-state index >= 15 is 0 Å². The van der Waals surface area contributed by atoms with E-state index in [0.717, 1.165) is 0 Å². The van der Waals surface area contributed by atoms with Crippen LogP contribution in [0.1, 0.15) is 17.3 Å². The molecule has 8 heteroatoms. The van der Waals surface area contributed by atoms with Crippen molar-refractivity contribution in [1.29, 1.82) is 0 Å². The molecule has 27 heavy (non-hydrogen) atoms. The molecule has 3 aromatic rings. The van der Waals surface area contributed by atoms with Crippen LogP contribution >= 0.6 is 11.6 Å². The summed E-state index contributed by atoms with van der Waals surface area (Å²) < 4.78 is 0. The van der Waals surface area contributed by atoms with E-state index < -0.39 is 11.5 Å². The van der Waals surface area contributed by atoms with Crippen LogP contribution in [0.15, 0.2) is 59.5 Å². The van der Waals surface area contributed by atoms with Crippen molar-refractivity contribution < 1.29 is 9.59 Å². The van der Waals surface area contributed by atoms with Gasteiger partial charge in [-0.25, -0.2) is 4.98 Å². The fourth-order valence-corrected chi connectivity index (χ4v) is 2.48. The topological polar surface area (TPSA) is 104 Å². The molecule has 1 heterocycles. The molecule has 0 atom stereocenters. The van der Waals surface area contributed by atoms with E-state index in [1.54, 1.807) is 48.5 Å². The standard InChI is InChI=1S/C19H15ClN4O3/c1-11(25)22-14-6-8-15(9-7-14)23-18(26)16-10-21-17(24-19(16)27)12-2-4-13(20)5-3-12/h2-10H,1H3,(H,22,25)(H,23,26)(H,21,24,27). The molecular formula is C19H15ClN4O3. The predicted octanol–water partition coefficient (Wildman–Crippen LogP) is 3.30. The van der Waals surface area contributed by atoms with Crippen molar-refractivity contribution in [2.45, 2.75) is 6.92 Å². The van der Waals surface area contributed by atoms with Crippen LogP contribution in [0.2, 0.25) is 5.02 Å². The number of nitrogens with zero attached hydrogens (tertiary/aromatic N) is 1. The van der Waals surface area contributed by atoms with Crippen molar-refractivity contribution in [2.75, 3.05) is 10.6 Å². The van der Waals surface area contributed by atoms with Gasteiger partial charge in [-0.2, -0.15) is 0 Å². The number of aromatic nitrogens is 2. The summed E-state index contributed by atoms with van der Waals surface area (Å²) in [6, 6.07) is 13.3. The summed E-state index contributed by atoms with van der Waals surface area (Å²) in [5, 5.41) is 5.81. The quantitative estimate of drug-likeness (QED) is 0.643. The van der Waals surface area contributed by atoms with E-state index in [1.807, 2.05) is 0 Å². The van der Waals surface area contributed by atoms with Gasteiger partial charge in [-0.3, -0.25) is 14.4 Å². The van der Waals surface area contributed by atoms with E-state index in [2.05, 4.69) is 20.6 Å². The summed E-state index contributed by atoms with van der Waals surface area (Å²) in [6.07, 6.45) is 1.23. The van der Waals surface area contributed by atoms with Gasteiger partial charge in [0.05, 0.1) is 0 Å². The van der Waals surface area contributed by atoms with Gasteiger partial charge < -0.3 is 15.6 Å². The van der Waals surface area contributed by atoms with E-state index in [1.165, 1.54) is 13.1 Å². The predicted molar refractivity (Wildman–Crippen MR) is 104 cm³/mol. The Labute approximate surface area is 159 Å². The molecule has 0 saturated heterocycles. The van der Waals surface area contributed by atoms with E-state index in [9.17, 15) is 14.4 Å². The smallest absolute Gasteiger partial charge is 0.264 e. The highest BCUT2D eigenvalue weighted by Gasteiger charge is 2.13. The summed E-state index contributed by atoms with van der Waals surface area (Å²) in [4.78, 5) is 42.3. The Bertz CT molecular complexity index is 1040. The first kappa shape index (κ1) is 18.3. The molecule has 3 N–H and O–H groups in total. The van der Waals surface area contributed by atoms with Crippen molar-refractivity contribution in [3.8, 4) is 11.4 Å². The number of amides is 2. The summed E-state index contributed by atoms with van der Waals surface area (Å²) in [5.41, 5.74) is 1.10. The fraction of sp³-hybridized carbons (Fsp3) is 0.0526. The van der Waals surface area contributed by atoms with Gasteiger partial charge >= 0.3 is 0 Å². The number of aromatic amines is 1. The molecule has 0 aliphatic heterocycles. The Morgan fingerprint density at radius 1 is 0.963 bits per heavy atom. The number of carbonyl (C=O) groups excluding carboxylic acids is 2. The van der Waals surface area contributed by atoms with Gasteiger partial charge in [0.25, 0.3) is 11.5 Å². The molecule has 0 radical (unpaired) electrons. The molecule has 2 amide bonds. The van der Waals surface area contributed by atoms with Crippen molar-refractivity contribution in [3.05, 3.63) is 75.7 Å². The van der Waals surface area contributed by atoms with Crippen LogP contribution in [0, 0.1) is 0 Å². The Morgan fingerprint density at radius 3 is 2.11 bits per heavy atom. The maximum atomic E-state index is 12.3. The molecule has 136 valence electrons. The lowest BCUT2D eigenvalue weighted by atomic mass is 10.2.